The van der Waals surface area contributed by atoms with Crippen molar-refractivity contribution >= 4 is 40.2 Å². The molecule has 0 bridgehead atoms. The molecule has 0 radical (unpaired) electrons. The van der Waals surface area contributed by atoms with Gasteiger partial charge in [-0.1, -0.05) is 64.2 Å². The van der Waals surface area contributed by atoms with Crippen molar-refractivity contribution in [3.8, 4) is 0 Å². The molecular formula is C33H45ClN6O5. The van der Waals surface area contributed by atoms with Crippen molar-refractivity contribution in [1.29, 1.82) is 0 Å². The quantitative estimate of drug-likeness (QED) is 0.148. The lowest BCUT2D eigenvalue weighted by atomic mass is 9.82. The Kier molecular flexibility index (Phi) is 10.5. The van der Waals surface area contributed by atoms with Crippen LogP contribution in [0.25, 0.3) is 10.9 Å². The lowest BCUT2D eigenvalue weighted by Gasteiger charge is -2.35. The number of aromatic nitrogens is 3. The van der Waals surface area contributed by atoms with Gasteiger partial charge in [-0.25, -0.2) is 4.98 Å². The van der Waals surface area contributed by atoms with E-state index in [0.717, 1.165) is 48.6 Å². The standard InChI is InChI=1S/C33H45ClN6O5/c1-20(2)15-36-32(44)33(45,18-34)14-28(41)26(12-21-8-4-3-5-9-21)39-30(42)27(13-22-16-35-19-37-22)40-17-24-23-10-6-7-11-25(23)38-29(24)31(40)43/h6-7,10-11,16,19-21,26-28,38,41,45H,3-5,8-9,12-15,17-18H2,1-2H3,(H,35,37)(H,36,44)(H,39,42). The molecule has 1 aliphatic heterocycles. The van der Waals surface area contributed by atoms with Gasteiger partial charge in [-0.15, -0.1) is 11.6 Å². The summed E-state index contributed by atoms with van der Waals surface area (Å²) in [5.74, 6) is -1.34. The highest BCUT2D eigenvalue weighted by Gasteiger charge is 2.43. The number of carbonyl (C=O) groups excluding carboxylic acids is 3. The summed E-state index contributed by atoms with van der Waals surface area (Å²) >= 11 is 6.11. The van der Waals surface area contributed by atoms with Gasteiger partial charge in [0.05, 0.1) is 30.0 Å². The molecular weight excluding hydrogens is 596 g/mol. The average Bonchev–Trinajstić information content (AvgIpc) is 3.76. The van der Waals surface area contributed by atoms with Gasteiger partial charge < -0.3 is 35.7 Å². The molecule has 0 saturated heterocycles. The monoisotopic (exact) mass is 640 g/mol. The summed E-state index contributed by atoms with van der Waals surface area (Å²) in [5, 5.41) is 29.5. The van der Waals surface area contributed by atoms with Crippen molar-refractivity contribution in [2.24, 2.45) is 11.8 Å². The number of hydrogen-bond acceptors (Lipinski definition) is 6. The summed E-state index contributed by atoms with van der Waals surface area (Å²) in [6.07, 6.45) is 7.48. The maximum absolute atomic E-state index is 14.2. The second-order valence-corrected chi connectivity index (χ2v) is 13.4. The van der Waals surface area contributed by atoms with E-state index in [1.54, 1.807) is 11.1 Å². The number of fused-ring (bicyclic) bond motifs is 3. The normalized spacial score (nSPS) is 18.9. The number of benzene rings is 1. The van der Waals surface area contributed by atoms with E-state index in [0.29, 0.717) is 24.4 Å². The number of aliphatic hydroxyl groups excluding tert-OH is 1. The summed E-state index contributed by atoms with van der Waals surface area (Å²) in [4.78, 5) is 52.9. The highest BCUT2D eigenvalue weighted by Crippen LogP contribution is 2.33. The summed E-state index contributed by atoms with van der Waals surface area (Å²) in [7, 11) is 0. The molecule has 4 unspecified atom stereocenters. The van der Waals surface area contributed by atoms with Crippen LogP contribution in [0.1, 0.15) is 80.5 Å². The number of amides is 3. The zero-order valence-electron chi connectivity index (χ0n) is 26.0. The Balaban J connectivity index is 1.39. The zero-order chi connectivity index (χ0) is 32.1. The maximum atomic E-state index is 14.2. The molecule has 2 aliphatic rings. The predicted octanol–water partition coefficient (Wildman–Crippen LogP) is 3.41. The Labute approximate surface area is 268 Å². The maximum Gasteiger partial charge on any atom is 0.271 e. The second kappa shape index (κ2) is 14.3. The lowest BCUT2D eigenvalue weighted by molar-refractivity contribution is -0.141. The SMILES string of the molecule is CC(C)CNC(=O)C(O)(CCl)CC(O)C(CC1CCCCC1)NC(=O)C(Cc1c[nH]cn1)N1Cc2c([nH]c3ccccc23)C1=O. The third kappa shape index (κ3) is 7.53. The Morgan fingerprint density at radius 1 is 1.20 bits per heavy atom. The molecule has 1 fully saturated rings. The van der Waals surface area contributed by atoms with Crippen LogP contribution in [-0.4, -0.2) is 84.0 Å². The van der Waals surface area contributed by atoms with E-state index in [-0.39, 0.29) is 37.1 Å². The third-order valence-electron chi connectivity index (χ3n) is 9.22. The van der Waals surface area contributed by atoms with Crippen molar-refractivity contribution < 1.29 is 24.6 Å². The number of carbonyl (C=O) groups is 3. The fourth-order valence-electron chi connectivity index (χ4n) is 6.66. The van der Waals surface area contributed by atoms with Gasteiger partial charge in [0, 0.05) is 48.6 Å². The van der Waals surface area contributed by atoms with E-state index < -0.39 is 41.5 Å². The van der Waals surface area contributed by atoms with Crippen LogP contribution < -0.4 is 10.6 Å². The van der Waals surface area contributed by atoms with Crippen LogP contribution in [0.15, 0.2) is 36.8 Å². The number of alkyl halides is 1. The topological polar surface area (TPSA) is 163 Å². The van der Waals surface area contributed by atoms with Crippen LogP contribution in [0.4, 0.5) is 0 Å². The fourth-order valence-corrected chi connectivity index (χ4v) is 6.89. The minimum Gasteiger partial charge on any atom is -0.391 e. The Morgan fingerprint density at radius 2 is 1.96 bits per heavy atom. The molecule has 3 aromatic rings. The number of aliphatic hydroxyl groups is 2. The van der Waals surface area contributed by atoms with Gasteiger partial charge in [-0.2, -0.15) is 0 Å². The number of hydrogen-bond donors (Lipinski definition) is 6. The number of aromatic amines is 2. The zero-order valence-corrected chi connectivity index (χ0v) is 26.8. The van der Waals surface area contributed by atoms with Gasteiger partial charge in [0.2, 0.25) is 5.91 Å². The number of nitrogens with zero attached hydrogens (tertiary/aromatic N) is 2. The average molecular weight is 641 g/mol. The largest absolute Gasteiger partial charge is 0.391 e. The predicted molar refractivity (Wildman–Crippen MR) is 172 cm³/mol. The number of nitrogens with one attached hydrogen (secondary N) is 4. The first-order valence-corrected chi connectivity index (χ1v) is 16.6. The van der Waals surface area contributed by atoms with Gasteiger partial charge in [-0.05, 0) is 24.3 Å². The molecule has 0 spiro atoms. The fraction of sp³-hybridized carbons (Fsp3) is 0.576. The molecule has 244 valence electrons. The number of H-pyrrole nitrogens is 2. The summed E-state index contributed by atoms with van der Waals surface area (Å²) in [6.45, 7) is 4.48. The molecule has 4 atom stereocenters. The molecule has 11 nitrogen and oxygen atoms in total. The van der Waals surface area contributed by atoms with Gasteiger partial charge in [-0.3, -0.25) is 14.4 Å². The van der Waals surface area contributed by atoms with Crippen LogP contribution in [-0.2, 0) is 22.6 Å². The molecule has 6 N–H and O–H groups in total. The van der Waals surface area contributed by atoms with Crippen molar-refractivity contribution in [3.05, 3.63) is 53.7 Å². The minimum absolute atomic E-state index is 0.163. The van der Waals surface area contributed by atoms with Gasteiger partial charge >= 0.3 is 0 Å². The highest BCUT2D eigenvalue weighted by molar-refractivity contribution is 6.20. The first-order valence-electron chi connectivity index (χ1n) is 16.0. The highest BCUT2D eigenvalue weighted by atomic mass is 35.5. The molecule has 2 aromatic heterocycles. The summed E-state index contributed by atoms with van der Waals surface area (Å²) in [6, 6.07) is 6.01. The molecule has 3 heterocycles. The smallest absolute Gasteiger partial charge is 0.271 e. The first-order chi connectivity index (χ1) is 21.6. The molecule has 3 amide bonds. The molecule has 1 aromatic carbocycles. The van der Waals surface area contributed by atoms with Gasteiger partial charge in [0.1, 0.15) is 11.7 Å². The van der Waals surface area contributed by atoms with Crippen molar-refractivity contribution in [1.82, 2.24) is 30.5 Å². The molecule has 12 heteroatoms. The van der Waals surface area contributed by atoms with E-state index in [2.05, 4.69) is 25.6 Å². The lowest BCUT2D eigenvalue weighted by Crippen LogP contribution is -2.57. The molecule has 45 heavy (non-hydrogen) atoms. The Hall–Kier alpha value is -3.41. The molecule has 1 aliphatic carbocycles. The van der Waals surface area contributed by atoms with E-state index in [9.17, 15) is 24.6 Å². The van der Waals surface area contributed by atoms with Crippen LogP contribution in [0, 0.1) is 11.8 Å². The van der Waals surface area contributed by atoms with E-state index in [4.69, 9.17) is 11.6 Å². The number of imidazole rings is 1. The van der Waals surface area contributed by atoms with E-state index >= 15 is 0 Å². The third-order valence-corrected chi connectivity index (χ3v) is 9.66. The van der Waals surface area contributed by atoms with Crippen LogP contribution in [0.5, 0.6) is 0 Å². The number of para-hydroxylation sites is 1. The first kappa shape index (κ1) is 33.0. The van der Waals surface area contributed by atoms with E-state index in [1.807, 2.05) is 38.1 Å². The van der Waals surface area contributed by atoms with Gasteiger partial charge in [0.15, 0.2) is 5.60 Å². The van der Waals surface area contributed by atoms with Crippen LogP contribution in [0.3, 0.4) is 0 Å². The summed E-state index contributed by atoms with van der Waals surface area (Å²) < 4.78 is 0. The minimum atomic E-state index is -2.02. The Morgan fingerprint density at radius 3 is 2.64 bits per heavy atom. The van der Waals surface area contributed by atoms with Crippen molar-refractivity contribution in [2.75, 3.05) is 12.4 Å². The molecule has 1 saturated carbocycles. The molecule has 5 rings (SSSR count). The summed E-state index contributed by atoms with van der Waals surface area (Å²) in [5.41, 5.74) is 0.771. The number of halogens is 1. The van der Waals surface area contributed by atoms with Crippen molar-refractivity contribution in [3.63, 3.8) is 0 Å². The Bertz CT molecular complexity index is 1470. The van der Waals surface area contributed by atoms with E-state index in [1.165, 1.54) is 6.33 Å². The van der Waals surface area contributed by atoms with Gasteiger partial charge in [0.25, 0.3) is 11.8 Å². The van der Waals surface area contributed by atoms with Crippen LogP contribution >= 0.6 is 11.6 Å². The number of rotatable bonds is 14. The van der Waals surface area contributed by atoms with Crippen LogP contribution in [0.2, 0.25) is 0 Å². The second-order valence-electron chi connectivity index (χ2n) is 13.1. The van der Waals surface area contributed by atoms with Crippen molar-refractivity contribution in [2.45, 2.75) is 95.5 Å².